The van der Waals surface area contributed by atoms with Crippen LogP contribution in [0, 0.1) is 13.8 Å². The first-order valence-electron chi connectivity index (χ1n) is 4.59. The number of rotatable bonds is 4. The average Bonchev–Trinajstić information content (AvgIpc) is 2.18. The number of benzene rings is 1. The maximum atomic E-state index is 5.26. The van der Waals surface area contributed by atoms with E-state index >= 15 is 0 Å². The lowest BCUT2D eigenvalue weighted by Crippen LogP contribution is -2.11. The minimum atomic E-state index is 0.817. The Bertz CT molecular complexity index is 312. The number of halogens is 1. The summed E-state index contributed by atoms with van der Waals surface area (Å²) >= 11 is 3.34. The minimum Gasteiger partial charge on any atom is -0.496 e. The quantitative estimate of drug-likeness (QED) is 0.662. The minimum absolute atomic E-state index is 0.817. The van der Waals surface area contributed by atoms with Crippen LogP contribution >= 0.6 is 15.9 Å². The van der Waals surface area contributed by atoms with E-state index in [2.05, 4.69) is 47.2 Å². The number of alkyl halides is 1. The summed E-state index contributed by atoms with van der Waals surface area (Å²) in [5.41, 5.74) is 4.59. The van der Waals surface area contributed by atoms with Crippen LogP contribution in [0.4, 0.5) is 0 Å². The molecule has 3 heteroatoms. The van der Waals surface area contributed by atoms with E-state index in [-0.39, 0.29) is 0 Å². The number of methoxy groups -OCH3 is 1. The van der Waals surface area contributed by atoms with Crippen molar-refractivity contribution < 1.29 is 4.74 Å². The van der Waals surface area contributed by atoms with Gasteiger partial charge in [-0.3, -0.25) is 0 Å². The van der Waals surface area contributed by atoms with Crippen LogP contribution in [0.3, 0.4) is 0 Å². The van der Waals surface area contributed by atoms with Crippen LogP contribution in [0.5, 0.6) is 5.75 Å². The highest BCUT2D eigenvalue weighted by atomic mass is 79.9. The third-order valence-corrected chi connectivity index (χ3v) is 2.66. The zero-order valence-corrected chi connectivity index (χ0v) is 10.4. The summed E-state index contributed by atoms with van der Waals surface area (Å²) in [5, 5.41) is 3.25. The van der Waals surface area contributed by atoms with Crippen molar-refractivity contribution >= 4 is 15.9 Å². The Morgan fingerprint density at radius 1 is 1.29 bits per heavy atom. The summed E-state index contributed by atoms with van der Waals surface area (Å²) < 4.78 is 5.26. The highest BCUT2D eigenvalue weighted by Gasteiger charge is 2.03. The maximum absolute atomic E-state index is 5.26. The van der Waals surface area contributed by atoms with Gasteiger partial charge in [0.05, 0.1) is 12.6 Å². The third kappa shape index (κ3) is 2.72. The molecule has 0 aliphatic rings. The van der Waals surface area contributed by atoms with Crippen LogP contribution < -0.4 is 10.1 Å². The molecule has 14 heavy (non-hydrogen) atoms. The largest absolute Gasteiger partial charge is 0.496 e. The Labute approximate surface area is 93.8 Å². The van der Waals surface area contributed by atoms with E-state index in [1.165, 1.54) is 16.7 Å². The summed E-state index contributed by atoms with van der Waals surface area (Å²) in [7, 11) is 1.71. The Morgan fingerprint density at radius 3 is 2.57 bits per heavy atom. The molecular formula is C11H16BrNO. The molecule has 1 aromatic carbocycles. The van der Waals surface area contributed by atoms with Crippen molar-refractivity contribution in [3.05, 3.63) is 28.8 Å². The van der Waals surface area contributed by atoms with Crippen molar-refractivity contribution in [2.24, 2.45) is 0 Å². The van der Waals surface area contributed by atoms with Gasteiger partial charge >= 0.3 is 0 Å². The van der Waals surface area contributed by atoms with Crippen LogP contribution in [-0.4, -0.2) is 12.6 Å². The van der Waals surface area contributed by atoms with Gasteiger partial charge in [0.2, 0.25) is 0 Å². The first-order valence-corrected chi connectivity index (χ1v) is 5.72. The molecule has 0 amide bonds. The molecule has 0 radical (unpaired) electrons. The summed E-state index contributed by atoms with van der Waals surface area (Å²) in [6.07, 6.45) is 0. The fourth-order valence-corrected chi connectivity index (χ4v) is 1.64. The standard InChI is InChI=1S/C11H16BrNO/c1-8-5-11(14-3)9(2)4-10(8)6-13-7-12/h4-5,13H,6-7H2,1-3H3. The van der Waals surface area contributed by atoms with Gasteiger partial charge in [-0.25, -0.2) is 0 Å². The zero-order chi connectivity index (χ0) is 10.6. The monoisotopic (exact) mass is 257 g/mol. The molecule has 0 aliphatic carbocycles. The lowest BCUT2D eigenvalue weighted by molar-refractivity contribution is 0.411. The maximum Gasteiger partial charge on any atom is 0.122 e. The van der Waals surface area contributed by atoms with Gasteiger partial charge in [-0.2, -0.15) is 0 Å². The second-order valence-corrected chi connectivity index (χ2v) is 3.87. The van der Waals surface area contributed by atoms with E-state index in [4.69, 9.17) is 4.74 Å². The highest BCUT2D eigenvalue weighted by molar-refractivity contribution is 9.09. The molecule has 1 aromatic rings. The Kier molecular flexibility index (Phi) is 4.42. The molecule has 2 nitrogen and oxygen atoms in total. The first-order chi connectivity index (χ1) is 6.69. The molecule has 0 saturated carbocycles. The number of nitrogens with one attached hydrogen (secondary N) is 1. The van der Waals surface area contributed by atoms with Crippen LogP contribution in [0.15, 0.2) is 12.1 Å². The second kappa shape index (κ2) is 5.37. The molecule has 0 saturated heterocycles. The lowest BCUT2D eigenvalue weighted by atomic mass is 10.0. The van der Waals surface area contributed by atoms with Crippen LogP contribution in [0.1, 0.15) is 16.7 Å². The van der Waals surface area contributed by atoms with Crippen molar-refractivity contribution in [3.63, 3.8) is 0 Å². The number of ether oxygens (including phenoxy) is 1. The van der Waals surface area contributed by atoms with Gasteiger partial charge in [0.25, 0.3) is 0 Å². The molecular weight excluding hydrogens is 242 g/mol. The van der Waals surface area contributed by atoms with Gasteiger partial charge in [-0.1, -0.05) is 22.0 Å². The van der Waals surface area contributed by atoms with Crippen molar-refractivity contribution in [1.29, 1.82) is 0 Å². The Hall–Kier alpha value is -0.540. The second-order valence-electron chi connectivity index (χ2n) is 3.31. The third-order valence-electron chi connectivity index (χ3n) is 2.26. The normalized spacial score (nSPS) is 10.3. The Balaban J connectivity index is 2.90. The van der Waals surface area contributed by atoms with Gasteiger partial charge in [0, 0.05) is 6.54 Å². The molecule has 0 atom stereocenters. The topological polar surface area (TPSA) is 21.3 Å². The molecule has 0 heterocycles. The Morgan fingerprint density at radius 2 is 2.00 bits per heavy atom. The van der Waals surface area contributed by atoms with E-state index in [0.29, 0.717) is 0 Å². The van der Waals surface area contributed by atoms with E-state index in [1.54, 1.807) is 7.11 Å². The van der Waals surface area contributed by atoms with E-state index in [0.717, 1.165) is 17.7 Å². The summed E-state index contributed by atoms with van der Waals surface area (Å²) in [5.74, 6) is 0.963. The molecule has 0 bridgehead atoms. The molecule has 0 spiro atoms. The van der Waals surface area contributed by atoms with Gasteiger partial charge in [-0.05, 0) is 36.6 Å². The van der Waals surface area contributed by atoms with Crippen LogP contribution in [0.2, 0.25) is 0 Å². The van der Waals surface area contributed by atoms with E-state index in [9.17, 15) is 0 Å². The highest BCUT2D eigenvalue weighted by Crippen LogP contribution is 2.22. The average molecular weight is 258 g/mol. The predicted molar refractivity (Wildman–Crippen MR) is 63.1 cm³/mol. The van der Waals surface area contributed by atoms with Crippen LogP contribution in [-0.2, 0) is 6.54 Å². The van der Waals surface area contributed by atoms with Gasteiger partial charge in [0.15, 0.2) is 0 Å². The van der Waals surface area contributed by atoms with Crippen molar-refractivity contribution in [2.45, 2.75) is 20.4 Å². The number of aryl methyl sites for hydroxylation is 2. The van der Waals surface area contributed by atoms with Gasteiger partial charge < -0.3 is 10.1 Å². The summed E-state index contributed by atoms with van der Waals surface area (Å²) in [6, 6.07) is 4.25. The fraction of sp³-hybridized carbons (Fsp3) is 0.455. The molecule has 1 N–H and O–H groups in total. The SMILES string of the molecule is COc1cc(C)c(CNCBr)cc1C. The zero-order valence-electron chi connectivity index (χ0n) is 8.86. The van der Waals surface area contributed by atoms with E-state index < -0.39 is 0 Å². The lowest BCUT2D eigenvalue weighted by Gasteiger charge is -2.11. The molecule has 0 aromatic heterocycles. The summed E-state index contributed by atoms with van der Waals surface area (Å²) in [4.78, 5) is 0. The van der Waals surface area contributed by atoms with Crippen molar-refractivity contribution in [2.75, 3.05) is 12.6 Å². The van der Waals surface area contributed by atoms with Crippen molar-refractivity contribution in [3.8, 4) is 5.75 Å². The smallest absolute Gasteiger partial charge is 0.122 e. The number of hydrogen-bond acceptors (Lipinski definition) is 2. The molecule has 1 rings (SSSR count). The summed E-state index contributed by atoms with van der Waals surface area (Å²) in [6.45, 7) is 5.06. The molecule has 0 fully saturated rings. The molecule has 0 unspecified atom stereocenters. The van der Waals surface area contributed by atoms with Gasteiger partial charge in [0.1, 0.15) is 5.75 Å². The van der Waals surface area contributed by atoms with Crippen LogP contribution in [0.25, 0.3) is 0 Å². The van der Waals surface area contributed by atoms with Crippen molar-refractivity contribution in [1.82, 2.24) is 5.32 Å². The first kappa shape index (κ1) is 11.5. The fourth-order valence-electron chi connectivity index (χ4n) is 1.44. The van der Waals surface area contributed by atoms with Gasteiger partial charge in [-0.15, -0.1) is 0 Å². The predicted octanol–water partition coefficient (Wildman–Crippen LogP) is 2.75. The van der Waals surface area contributed by atoms with E-state index in [1.807, 2.05) is 0 Å². The molecule has 0 aliphatic heterocycles. The number of hydrogen-bond donors (Lipinski definition) is 1. The molecule has 78 valence electrons.